The molecule has 0 radical (unpaired) electrons. The number of carbonyl (C=O) groups is 3. The van der Waals surface area contributed by atoms with Gasteiger partial charge in [0.05, 0.1) is 22.6 Å². The molecule has 1 heterocycles. The Kier molecular flexibility index (Phi) is 8.83. The number of nitrogens with one attached hydrogen (secondary N) is 2. The van der Waals surface area contributed by atoms with Crippen LogP contribution in [0.25, 0.3) is 0 Å². The lowest BCUT2D eigenvalue weighted by Gasteiger charge is -2.21. The number of hydrogen-bond acceptors (Lipinski definition) is 9. The van der Waals surface area contributed by atoms with Crippen molar-refractivity contribution in [3.63, 3.8) is 0 Å². The number of fused-ring (bicyclic) bond motifs is 1. The van der Waals surface area contributed by atoms with Crippen molar-refractivity contribution in [2.75, 3.05) is 13.3 Å². The second-order valence-electron chi connectivity index (χ2n) is 8.38. The predicted octanol–water partition coefficient (Wildman–Crippen LogP) is 3.37. The van der Waals surface area contributed by atoms with E-state index in [0.717, 1.165) is 0 Å². The number of amides is 2. The van der Waals surface area contributed by atoms with E-state index in [2.05, 4.69) is 10.6 Å². The first-order chi connectivity index (χ1) is 15.5. The van der Waals surface area contributed by atoms with Gasteiger partial charge < -0.3 is 34.4 Å². The molecule has 33 heavy (non-hydrogen) atoms. The summed E-state index contributed by atoms with van der Waals surface area (Å²) in [7, 11) is 0. The molecule has 0 spiro atoms. The number of hydrogen-bond donors (Lipinski definition) is 2. The van der Waals surface area contributed by atoms with Gasteiger partial charge in [-0.1, -0.05) is 0 Å². The summed E-state index contributed by atoms with van der Waals surface area (Å²) in [5.41, 5.74) is -0.724. The van der Waals surface area contributed by atoms with E-state index in [9.17, 15) is 24.5 Å². The lowest BCUT2D eigenvalue weighted by Crippen LogP contribution is -2.40. The van der Waals surface area contributed by atoms with E-state index in [1.165, 1.54) is 19.1 Å². The number of aldehydes is 1. The summed E-state index contributed by atoms with van der Waals surface area (Å²) in [4.78, 5) is 45.8. The van der Waals surface area contributed by atoms with Crippen molar-refractivity contribution in [2.24, 2.45) is 0 Å². The third-order valence-electron chi connectivity index (χ3n) is 4.52. The predicted molar refractivity (Wildman–Crippen MR) is 115 cm³/mol. The zero-order valence-electron chi connectivity index (χ0n) is 19.0. The zero-order chi connectivity index (χ0) is 24.6. The van der Waals surface area contributed by atoms with Gasteiger partial charge in [0.2, 0.25) is 6.79 Å². The Hall–Kier alpha value is -3.57. The van der Waals surface area contributed by atoms with E-state index in [4.69, 9.17) is 18.9 Å². The average Bonchev–Trinajstić information content (AvgIpc) is 3.17. The highest BCUT2D eigenvalue weighted by atomic mass is 16.7. The van der Waals surface area contributed by atoms with E-state index in [1.54, 1.807) is 20.8 Å². The quantitative estimate of drug-likeness (QED) is 0.228. The maximum Gasteiger partial charge on any atom is 0.408 e. The lowest BCUT2D eigenvalue weighted by molar-refractivity contribution is -0.386. The number of rotatable bonds is 10. The van der Waals surface area contributed by atoms with Gasteiger partial charge in [0.1, 0.15) is 18.0 Å². The summed E-state index contributed by atoms with van der Waals surface area (Å²) < 4.78 is 20.8. The number of nitrogens with zero attached hydrogens (tertiary/aromatic N) is 1. The molecule has 1 aliphatic rings. The minimum atomic E-state index is -0.905. The van der Waals surface area contributed by atoms with Gasteiger partial charge in [0, 0.05) is 6.54 Å². The van der Waals surface area contributed by atoms with Crippen LogP contribution in [0.3, 0.4) is 0 Å². The fourth-order valence-electron chi connectivity index (χ4n) is 3.01. The van der Waals surface area contributed by atoms with Gasteiger partial charge >= 0.3 is 12.2 Å². The number of carbonyl (C=O) groups excluding carboxylic acids is 3. The molecule has 12 nitrogen and oxygen atoms in total. The van der Waals surface area contributed by atoms with Crippen LogP contribution in [0.4, 0.5) is 15.3 Å². The summed E-state index contributed by atoms with van der Waals surface area (Å²) in [6.45, 7) is 6.90. The van der Waals surface area contributed by atoms with E-state index in [-0.39, 0.29) is 30.3 Å². The zero-order valence-corrected chi connectivity index (χ0v) is 19.0. The van der Waals surface area contributed by atoms with Crippen molar-refractivity contribution in [3.8, 4) is 11.5 Å². The highest BCUT2D eigenvalue weighted by Crippen LogP contribution is 2.40. The maximum absolute atomic E-state index is 12.1. The molecule has 1 unspecified atom stereocenters. The molecular formula is C21H29N3O9. The van der Waals surface area contributed by atoms with Crippen LogP contribution in [0.1, 0.15) is 58.6 Å². The molecule has 12 heteroatoms. The van der Waals surface area contributed by atoms with E-state index < -0.39 is 34.9 Å². The Morgan fingerprint density at radius 1 is 1.21 bits per heavy atom. The van der Waals surface area contributed by atoms with Crippen molar-refractivity contribution in [3.05, 3.63) is 27.8 Å². The minimum Gasteiger partial charge on any atom is -0.454 e. The SMILES string of the molecule is CC(OC(=O)NCCCC[C@@H](C=O)NC(=O)OC(C)(C)C)c1cc2c(cc1[N+](=O)[O-])OCO2. The number of nitro groups is 1. The van der Waals surface area contributed by atoms with Gasteiger partial charge in [-0.25, -0.2) is 9.59 Å². The van der Waals surface area contributed by atoms with Crippen LogP contribution in [-0.4, -0.2) is 48.4 Å². The third kappa shape index (κ3) is 8.13. The van der Waals surface area contributed by atoms with Crippen LogP contribution in [-0.2, 0) is 14.3 Å². The van der Waals surface area contributed by atoms with Gasteiger partial charge in [0.25, 0.3) is 5.69 Å². The summed E-state index contributed by atoms with van der Waals surface area (Å²) in [5.74, 6) is 0.605. The first-order valence-corrected chi connectivity index (χ1v) is 10.5. The smallest absolute Gasteiger partial charge is 0.408 e. The van der Waals surface area contributed by atoms with Crippen molar-refractivity contribution >= 4 is 24.2 Å². The topological polar surface area (TPSA) is 155 Å². The molecule has 1 aromatic rings. The highest BCUT2D eigenvalue weighted by Gasteiger charge is 2.28. The molecule has 2 amide bonds. The highest BCUT2D eigenvalue weighted by molar-refractivity contribution is 5.73. The molecule has 2 rings (SSSR count). The molecule has 0 saturated carbocycles. The molecule has 0 fully saturated rings. The van der Waals surface area contributed by atoms with Gasteiger partial charge in [-0.3, -0.25) is 10.1 Å². The molecular weight excluding hydrogens is 438 g/mol. The van der Waals surface area contributed by atoms with Gasteiger partial charge in [0.15, 0.2) is 11.5 Å². The Morgan fingerprint density at radius 3 is 2.48 bits per heavy atom. The number of nitro benzene ring substituents is 1. The van der Waals surface area contributed by atoms with Crippen LogP contribution in [0, 0.1) is 10.1 Å². The molecule has 0 aromatic heterocycles. The van der Waals surface area contributed by atoms with Gasteiger partial charge in [-0.15, -0.1) is 0 Å². The molecule has 1 aliphatic heterocycles. The van der Waals surface area contributed by atoms with Crippen molar-refractivity contribution in [2.45, 2.75) is 64.7 Å². The Labute approximate surface area is 191 Å². The third-order valence-corrected chi connectivity index (χ3v) is 4.52. The van der Waals surface area contributed by atoms with E-state index in [1.807, 2.05) is 0 Å². The molecule has 182 valence electrons. The normalized spacial score (nSPS) is 14.1. The standard InChI is InChI=1S/C21H29N3O9/c1-13(15-9-17-18(31-12-30-17)10-16(15)24(28)29)32-19(26)22-8-6-5-7-14(11-25)23-20(27)33-21(2,3)4/h9-11,13-14H,5-8,12H2,1-4H3,(H,22,26)(H,23,27)/t13?,14-/m0/s1. The number of ether oxygens (including phenoxy) is 4. The first-order valence-electron chi connectivity index (χ1n) is 10.5. The molecule has 2 atom stereocenters. The van der Waals surface area contributed by atoms with Gasteiger partial charge in [-0.05, 0) is 53.0 Å². The Bertz CT molecular complexity index is 882. The summed E-state index contributed by atoms with van der Waals surface area (Å²) in [6.07, 6.45) is -0.250. The summed E-state index contributed by atoms with van der Waals surface area (Å²) in [5, 5.41) is 16.4. The number of unbranched alkanes of at least 4 members (excludes halogenated alkanes) is 1. The fraction of sp³-hybridized carbons (Fsp3) is 0.571. The first kappa shape index (κ1) is 25.7. The molecule has 0 bridgehead atoms. The summed E-state index contributed by atoms with van der Waals surface area (Å²) >= 11 is 0. The Balaban J connectivity index is 1.76. The van der Waals surface area contributed by atoms with E-state index >= 15 is 0 Å². The van der Waals surface area contributed by atoms with E-state index in [0.29, 0.717) is 31.3 Å². The van der Waals surface area contributed by atoms with Crippen LogP contribution in [0.15, 0.2) is 12.1 Å². The van der Waals surface area contributed by atoms with Crippen LogP contribution in [0.2, 0.25) is 0 Å². The molecule has 1 aromatic carbocycles. The van der Waals surface area contributed by atoms with Crippen LogP contribution >= 0.6 is 0 Å². The molecule has 2 N–H and O–H groups in total. The molecule has 0 saturated heterocycles. The molecule has 0 aliphatic carbocycles. The Morgan fingerprint density at radius 2 is 1.88 bits per heavy atom. The monoisotopic (exact) mass is 467 g/mol. The van der Waals surface area contributed by atoms with Crippen molar-refractivity contribution in [1.29, 1.82) is 0 Å². The lowest BCUT2D eigenvalue weighted by atomic mass is 10.1. The minimum absolute atomic E-state index is 0.0378. The maximum atomic E-state index is 12.1. The fourth-order valence-corrected chi connectivity index (χ4v) is 3.01. The van der Waals surface area contributed by atoms with Crippen molar-refractivity contribution < 1.29 is 38.3 Å². The van der Waals surface area contributed by atoms with Crippen LogP contribution in [0.5, 0.6) is 11.5 Å². The van der Waals surface area contributed by atoms with Crippen LogP contribution < -0.4 is 20.1 Å². The number of alkyl carbamates (subject to hydrolysis) is 2. The summed E-state index contributed by atoms with van der Waals surface area (Å²) in [6, 6.07) is 1.97. The largest absolute Gasteiger partial charge is 0.454 e. The second kappa shape index (κ2) is 11.3. The van der Waals surface area contributed by atoms with Gasteiger partial charge in [-0.2, -0.15) is 0 Å². The number of benzene rings is 1. The van der Waals surface area contributed by atoms with Crippen molar-refractivity contribution in [1.82, 2.24) is 10.6 Å². The average molecular weight is 467 g/mol. The second-order valence-corrected chi connectivity index (χ2v) is 8.38.